The third-order valence-electron chi connectivity index (χ3n) is 7.75. The summed E-state index contributed by atoms with van der Waals surface area (Å²) in [5, 5.41) is 13.5. The van der Waals surface area contributed by atoms with Gasteiger partial charge in [-0.15, -0.1) is 11.8 Å². The number of likely N-dealkylation sites (tertiary alicyclic amines) is 1. The second-order valence-electron chi connectivity index (χ2n) is 10.3. The zero-order valence-electron chi connectivity index (χ0n) is 23.5. The normalized spacial score (nSPS) is 21.4. The number of hydrogen-bond donors (Lipinski definition) is 2. The standard InChI is InChI=1S/C32H34Cl2N2O5S/c1-41-32(16-12-22(13-17-32)21-6-4-3-5-7-21)20-25(31(39)40)35-30(38)24-14-18-36(19-15-24)27(37)11-9-23-8-10-26(42-2)29(34)28(23)33/h3-13,16-17,22,24-25H,14-15,18-20H2,1-2H3,(H,35,38)(H,39,40)/b11-9+. The molecule has 1 heterocycles. The Bertz CT molecular complexity index is 1370. The van der Waals surface area contributed by atoms with Crippen LogP contribution in [0.25, 0.3) is 6.08 Å². The van der Waals surface area contributed by atoms with Crippen LogP contribution in [0, 0.1) is 5.92 Å². The number of amides is 2. The van der Waals surface area contributed by atoms with Crippen molar-refractivity contribution in [3.63, 3.8) is 0 Å². The lowest BCUT2D eigenvalue weighted by Gasteiger charge is -2.34. The average molecular weight is 630 g/mol. The minimum absolute atomic E-state index is 0.0473. The van der Waals surface area contributed by atoms with Crippen molar-refractivity contribution in [2.45, 2.75) is 41.7 Å². The van der Waals surface area contributed by atoms with E-state index >= 15 is 0 Å². The number of halogens is 2. The Kier molecular flexibility index (Phi) is 11.0. The third-order valence-corrected chi connectivity index (χ3v) is 9.54. The Morgan fingerprint density at radius 2 is 1.76 bits per heavy atom. The fourth-order valence-electron chi connectivity index (χ4n) is 5.18. The molecule has 0 saturated carbocycles. The molecule has 0 bridgehead atoms. The zero-order valence-corrected chi connectivity index (χ0v) is 25.8. The van der Waals surface area contributed by atoms with Gasteiger partial charge >= 0.3 is 5.97 Å². The van der Waals surface area contributed by atoms with Crippen LogP contribution in [-0.4, -0.2) is 65.9 Å². The number of nitrogens with zero attached hydrogens (tertiary/aromatic N) is 1. The molecule has 2 aromatic rings. The fourth-order valence-corrected chi connectivity index (χ4v) is 6.35. The van der Waals surface area contributed by atoms with Gasteiger partial charge in [-0.2, -0.15) is 0 Å². The van der Waals surface area contributed by atoms with Crippen LogP contribution in [0.5, 0.6) is 0 Å². The maximum atomic E-state index is 13.1. The van der Waals surface area contributed by atoms with Crippen molar-refractivity contribution in [1.82, 2.24) is 10.2 Å². The first-order valence-electron chi connectivity index (χ1n) is 13.7. The first kappa shape index (κ1) is 31.9. The lowest BCUT2D eigenvalue weighted by Crippen LogP contribution is -2.50. The molecule has 10 heteroatoms. The van der Waals surface area contributed by atoms with E-state index in [9.17, 15) is 19.5 Å². The van der Waals surface area contributed by atoms with Crippen molar-refractivity contribution in [3.05, 3.63) is 94.0 Å². The van der Waals surface area contributed by atoms with Gasteiger partial charge in [-0.1, -0.05) is 83.9 Å². The lowest BCUT2D eigenvalue weighted by molar-refractivity contribution is -0.144. The summed E-state index contributed by atoms with van der Waals surface area (Å²) in [5.41, 5.74) is 0.817. The number of methoxy groups -OCH3 is 1. The van der Waals surface area contributed by atoms with Crippen molar-refractivity contribution in [2.75, 3.05) is 26.5 Å². The van der Waals surface area contributed by atoms with Crippen LogP contribution in [0.2, 0.25) is 10.0 Å². The van der Waals surface area contributed by atoms with Crippen LogP contribution in [0.1, 0.15) is 36.3 Å². The fraction of sp³-hybridized carbons (Fsp3) is 0.344. The summed E-state index contributed by atoms with van der Waals surface area (Å²) in [7, 11) is 1.53. The van der Waals surface area contributed by atoms with Gasteiger partial charge in [-0.05, 0) is 42.4 Å². The molecule has 0 aromatic heterocycles. The summed E-state index contributed by atoms with van der Waals surface area (Å²) >= 11 is 14.1. The molecule has 1 aliphatic carbocycles. The highest BCUT2D eigenvalue weighted by Gasteiger charge is 2.36. The van der Waals surface area contributed by atoms with Gasteiger partial charge in [-0.25, -0.2) is 4.79 Å². The molecule has 1 fully saturated rings. The molecule has 0 radical (unpaired) electrons. The summed E-state index contributed by atoms with van der Waals surface area (Å²) in [4.78, 5) is 40.6. The van der Waals surface area contributed by atoms with Gasteiger partial charge in [0.15, 0.2) is 0 Å². The molecule has 42 heavy (non-hydrogen) atoms. The van der Waals surface area contributed by atoms with E-state index < -0.39 is 23.5 Å². The number of carboxylic acids is 1. The molecule has 222 valence electrons. The first-order valence-corrected chi connectivity index (χ1v) is 15.7. The number of benzene rings is 2. The second-order valence-corrected chi connectivity index (χ2v) is 11.9. The molecule has 2 aliphatic rings. The van der Waals surface area contributed by atoms with Crippen molar-refractivity contribution >= 4 is 58.8 Å². The van der Waals surface area contributed by atoms with Crippen molar-refractivity contribution in [3.8, 4) is 0 Å². The number of rotatable bonds is 10. The number of carboxylic acid groups (broad SMARTS) is 1. The number of nitrogens with one attached hydrogen (secondary N) is 1. The predicted octanol–water partition coefficient (Wildman–Crippen LogP) is 6.22. The van der Waals surface area contributed by atoms with Gasteiger partial charge in [0.2, 0.25) is 11.8 Å². The van der Waals surface area contributed by atoms with Crippen molar-refractivity contribution in [2.24, 2.45) is 5.92 Å². The molecule has 0 spiro atoms. The summed E-state index contributed by atoms with van der Waals surface area (Å²) in [5.74, 6) is -1.99. The Hall–Kier alpha value is -3.04. The number of ether oxygens (including phenoxy) is 1. The molecule has 1 saturated heterocycles. The molecule has 2 amide bonds. The Morgan fingerprint density at radius 3 is 2.36 bits per heavy atom. The monoisotopic (exact) mass is 628 g/mol. The quantitative estimate of drug-likeness (QED) is 0.184. The third kappa shape index (κ3) is 7.67. The molecule has 1 atom stereocenters. The largest absolute Gasteiger partial charge is 0.480 e. The highest BCUT2D eigenvalue weighted by atomic mass is 35.5. The number of carbonyl (C=O) groups excluding carboxylic acids is 2. The van der Waals surface area contributed by atoms with Gasteiger partial charge in [0.05, 0.1) is 10.0 Å². The summed E-state index contributed by atoms with van der Waals surface area (Å²) < 4.78 is 5.74. The Labute approximate surface area is 260 Å². The van der Waals surface area contributed by atoms with Crippen LogP contribution >= 0.6 is 35.0 Å². The number of allylic oxidation sites excluding steroid dienone is 2. The number of carbonyl (C=O) groups is 3. The molecule has 2 aromatic carbocycles. The van der Waals surface area contributed by atoms with Crippen LogP contribution in [0.15, 0.2) is 77.7 Å². The van der Waals surface area contributed by atoms with Gasteiger partial charge < -0.3 is 20.1 Å². The zero-order chi connectivity index (χ0) is 30.3. The highest BCUT2D eigenvalue weighted by molar-refractivity contribution is 7.98. The average Bonchev–Trinajstić information content (AvgIpc) is 3.02. The maximum Gasteiger partial charge on any atom is 0.326 e. The molecular formula is C32H34Cl2N2O5S. The van der Waals surface area contributed by atoms with E-state index in [1.54, 1.807) is 11.0 Å². The maximum absolute atomic E-state index is 13.1. The second kappa shape index (κ2) is 14.4. The van der Waals surface area contributed by atoms with Crippen LogP contribution in [-0.2, 0) is 19.1 Å². The van der Waals surface area contributed by atoms with Crippen LogP contribution < -0.4 is 5.32 Å². The van der Waals surface area contributed by atoms with E-state index in [1.807, 2.05) is 73.0 Å². The SMILES string of the molecule is COC1(CC(NC(=O)C2CCN(C(=O)/C=C/c3ccc(SC)c(Cl)c3Cl)CC2)C(=O)O)C=CC(c2ccccc2)C=C1. The predicted molar refractivity (Wildman–Crippen MR) is 168 cm³/mol. The van der Waals surface area contributed by atoms with Gasteiger partial charge in [0, 0.05) is 49.4 Å². The summed E-state index contributed by atoms with van der Waals surface area (Å²) in [6.07, 6.45) is 13.6. The smallest absolute Gasteiger partial charge is 0.326 e. The van der Waals surface area contributed by atoms with E-state index in [4.69, 9.17) is 27.9 Å². The van der Waals surface area contributed by atoms with E-state index in [0.717, 1.165) is 10.5 Å². The molecule has 7 nitrogen and oxygen atoms in total. The van der Waals surface area contributed by atoms with Crippen LogP contribution in [0.3, 0.4) is 0 Å². The number of thioether (sulfide) groups is 1. The van der Waals surface area contributed by atoms with Gasteiger partial charge in [-0.3, -0.25) is 9.59 Å². The number of aliphatic carboxylic acids is 1. The Balaban J connectivity index is 1.32. The molecule has 2 N–H and O–H groups in total. The molecule has 1 unspecified atom stereocenters. The molecule has 1 aliphatic heterocycles. The summed E-state index contributed by atoms with van der Waals surface area (Å²) in [6, 6.07) is 12.5. The molecular weight excluding hydrogens is 595 g/mol. The topological polar surface area (TPSA) is 95.9 Å². The van der Waals surface area contributed by atoms with Crippen molar-refractivity contribution < 1.29 is 24.2 Å². The highest BCUT2D eigenvalue weighted by Crippen LogP contribution is 2.35. The van der Waals surface area contributed by atoms with Crippen LogP contribution in [0.4, 0.5) is 0 Å². The van der Waals surface area contributed by atoms with Crippen molar-refractivity contribution in [1.29, 1.82) is 0 Å². The van der Waals surface area contributed by atoms with E-state index in [1.165, 1.54) is 24.9 Å². The minimum atomic E-state index is -1.14. The Morgan fingerprint density at radius 1 is 1.10 bits per heavy atom. The number of hydrogen-bond acceptors (Lipinski definition) is 5. The minimum Gasteiger partial charge on any atom is -0.480 e. The number of piperidine rings is 1. The van der Waals surface area contributed by atoms with Gasteiger partial charge in [0.1, 0.15) is 11.6 Å². The van der Waals surface area contributed by atoms with Gasteiger partial charge in [0.25, 0.3) is 0 Å². The molecule has 4 rings (SSSR count). The summed E-state index contributed by atoms with van der Waals surface area (Å²) in [6.45, 7) is 0.764. The van der Waals surface area contributed by atoms with E-state index in [-0.39, 0.29) is 24.2 Å². The van der Waals surface area contributed by atoms with E-state index in [0.29, 0.717) is 41.5 Å². The van der Waals surface area contributed by atoms with E-state index in [2.05, 4.69) is 5.32 Å². The first-order chi connectivity index (χ1) is 20.2. The lowest BCUT2D eigenvalue weighted by atomic mass is 9.84.